The lowest BCUT2D eigenvalue weighted by Crippen LogP contribution is -2.45. The molecule has 3 aliphatic heterocycles. The fourth-order valence-corrected chi connectivity index (χ4v) is 7.41. The Balaban J connectivity index is 1.30. The largest absolute Gasteiger partial charge is 0.369 e. The Bertz CT molecular complexity index is 2090. The van der Waals surface area contributed by atoms with Crippen LogP contribution in [0.1, 0.15) is 24.4 Å². The number of para-hydroxylation sites is 1. The van der Waals surface area contributed by atoms with Crippen LogP contribution in [0.25, 0.3) is 11.0 Å². The predicted octanol–water partition coefficient (Wildman–Crippen LogP) is 4.75. The predicted molar refractivity (Wildman–Crippen MR) is 199 cm³/mol. The quantitative estimate of drug-likeness (QED) is 0.275. The normalized spacial score (nSPS) is 18.1. The van der Waals surface area contributed by atoms with Crippen molar-refractivity contribution in [2.45, 2.75) is 25.8 Å². The van der Waals surface area contributed by atoms with Crippen LogP contribution in [0.5, 0.6) is 0 Å². The number of hydrogen-bond donors (Lipinski definition) is 1. The minimum atomic E-state index is -0.434. The molecule has 2 aromatic heterocycles. The van der Waals surface area contributed by atoms with Crippen molar-refractivity contribution in [1.82, 2.24) is 24.3 Å². The lowest BCUT2D eigenvalue weighted by Gasteiger charge is -2.39. The third kappa shape index (κ3) is 6.45. The molecule has 2 amide bonds. The summed E-state index contributed by atoms with van der Waals surface area (Å²) in [6.45, 7) is 14.3. The molecule has 0 radical (unpaired) electrons. The van der Waals surface area contributed by atoms with E-state index in [0.29, 0.717) is 55.7 Å². The van der Waals surface area contributed by atoms with Crippen molar-refractivity contribution in [3.63, 3.8) is 0 Å². The smallest absolute Gasteiger partial charge is 0.276 e. The molecule has 0 aliphatic carbocycles. The monoisotopic (exact) mass is 691 g/mol. The molecule has 4 aromatic rings. The van der Waals surface area contributed by atoms with Crippen LogP contribution in [0.15, 0.2) is 78.8 Å². The van der Waals surface area contributed by atoms with Gasteiger partial charge in [-0.3, -0.25) is 19.0 Å². The van der Waals surface area contributed by atoms with Gasteiger partial charge in [-0.2, -0.15) is 4.98 Å². The summed E-state index contributed by atoms with van der Waals surface area (Å²) in [4.78, 5) is 59.4. The summed E-state index contributed by atoms with van der Waals surface area (Å²) >= 11 is 0. The van der Waals surface area contributed by atoms with Crippen molar-refractivity contribution in [2.24, 2.45) is 0 Å². The Morgan fingerprint density at radius 2 is 1.75 bits per heavy atom. The highest BCUT2D eigenvalue weighted by Gasteiger charge is 2.32. The number of amides is 2. The number of rotatable bonds is 7. The first-order chi connectivity index (χ1) is 24.7. The second-order valence-electron chi connectivity index (χ2n) is 13.3. The van der Waals surface area contributed by atoms with E-state index in [0.717, 1.165) is 48.8 Å². The van der Waals surface area contributed by atoms with E-state index in [2.05, 4.69) is 40.3 Å². The number of hydrogen-bond acceptors (Lipinski definition) is 9. The van der Waals surface area contributed by atoms with E-state index in [4.69, 9.17) is 4.98 Å². The van der Waals surface area contributed by atoms with Crippen molar-refractivity contribution in [1.29, 1.82) is 0 Å². The number of pyridine rings is 1. The SMILES string of the molecule is C=CC(=O)N1CCC[C@@H](n2c(=O)c(N3CCN(C(=O)C=C)c4c(C)cccc43)cc3cnc(Nc4ccc(N5CCN(C)CC5)cc4F)nc32)C1. The molecule has 3 aliphatic rings. The highest BCUT2D eigenvalue weighted by atomic mass is 19.1. The van der Waals surface area contributed by atoms with E-state index in [9.17, 15) is 14.4 Å². The number of halogens is 1. The average Bonchev–Trinajstić information content (AvgIpc) is 3.15. The molecular weight excluding hydrogens is 649 g/mol. The van der Waals surface area contributed by atoms with Gasteiger partial charge in [0.2, 0.25) is 11.9 Å². The molecule has 0 unspecified atom stereocenters. The molecule has 2 saturated heterocycles. The number of nitrogens with zero attached hydrogens (tertiary/aromatic N) is 8. The lowest BCUT2D eigenvalue weighted by molar-refractivity contribution is -0.127. The van der Waals surface area contributed by atoms with Crippen LogP contribution in [-0.4, -0.2) is 95.6 Å². The Hall–Kier alpha value is -5.56. The minimum absolute atomic E-state index is 0.141. The summed E-state index contributed by atoms with van der Waals surface area (Å²) in [5.41, 5.74) is 3.86. The van der Waals surface area contributed by atoms with Gasteiger partial charge >= 0.3 is 0 Å². The van der Waals surface area contributed by atoms with E-state index in [1.807, 2.05) is 36.1 Å². The number of likely N-dealkylation sites (tertiary alicyclic amines) is 1. The van der Waals surface area contributed by atoms with E-state index in [-0.39, 0.29) is 35.1 Å². The van der Waals surface area contributed by atoms with Gasteiger partial charge in [0.25, 0.3) is 11.5 Å². The topological polar surface area (TPSA) is 110 Å². The van der Waals surface area contributed by atoms with Gasteiger partial charge < -0.3 is 29.8 Å². The molecule has 2 fully saturated rings. The van der Waals surface area contributed by atoms with Crippen LogP contribution < -0.4 is 25.6 Å². The number of likely N-dealkylation sites (N-methyl/N-ethyl adjacent to an activating group) is 1. The third-order valence-corrected chi connectivity index (χ3v) is 10.1. The van der Waals surface area contributed by atoms with Crippen molar-refractivity contribution in [2.75, 3.05) is 79.4 Å². The third-order valence-electron chi connectivity index (χ3n) is 10.1. The molecule has 12 nitrogen and oxygen atoms in total. The van der Waals surface area contributed by atoms with E-state index in [1.54, 1.807) is 32.7 Å². The van der Waals surface area contributed by atoms with Gasteiger partial charge in [0.15, 0.2) is 0 Å². The average molecular weight is 692 g/mol. The van der Waals surface area contributed by atoms with Crippen LogP contribution in [0.3, 0.4) is 0 Å². The standard InChI is InChI=1S/C38H42FN9O3/c1-5-33(49)45-14-8-10-28(24-45)48-36-26(21-32(37(48)51)46-19-20-47(34(50)6-2)35-25(3)9-7-11-31(35)46)23-40-38(42-36)41-30-13-12-27(22-29(30)39)44-17-15-43(4)16-18-44/h5-7,9,11-13,21-23,28H,1-2,8,10,14-20,24H2,3-4H3,(H,40,41,42)/t28-/m1/s1. The summed E-state index contributed by atoms with van der Waals surface area (Å²) < 4.78 is 17.1. The Morgan fingerprint density at radius 1 is 0.961 bits per heavy atom. The van der Waals surface area contributed by atoms with Gasteiger partial charge in [-0.25, -0.2) is 9.37 Å². The maximum Gasteiger partial charge on any atom is 0.276 e. The number of fused-ring (bicyclic) bond motifs is 2. The Kier molecular flexibility index (Phi) is 9.30. The van der Waals surface area contributed by atoms with Crippen molar-refractivity contribution in [3.05, 3.63) is 95.7 Å². The highest BCUT2D eigenvalue weighted by Crippen LogP contribution is 2.40. The number of benzene rings is 2. The van der Waals surface area contributed by atoms with Crippen molar-refractivity contribution < 1.29 is 14.0 Å². The molecule has 0 bridgehead atoms. The second-order valence-corrected chi connectivity index (χ2v) is 13.3. The fraction of sp³-hybridized carbons (Fsp3) is 0.342. The molecule has 2 aromatic carbocycles. The lowest BCUT2D eigenvalue weighted by atomic mass is 10.0. The van der Waals surface area contributed by atoms with E-state index >= 15 is 4.39 Å². The van der Waals surface area contributed by atoms with Gasteiger partial charge in [-0.15, -0.1) is 0 Å². The molecule has 264 valence electrons. The summed E-state index contributed by atoms with van der Waals surface area (Å²) in [7, 11) is 2.08. The molecular formula is C38H42FN9O3. The van der Waals surface area contributed by atoms with Crippen molar-refractivity contribution in [3.8, 4) is 0 Å². The summed E-state index contributed by atoms with van der Waals surface area (Å²) in [5.74, 6) is -0.707. The molecule has 5 heterocycles. The zero-order chi connectivity index (χ0) is 35.8. The molecule has 1 atom stereocenters. The van der Waals surface area contributed by atoms with Crippen LogP contribution in [0, 0.1) is 12.7 Å². The first-order valence-electron chi connectivity index (χ1n) is 17.3. The van der Waals surface area contributed by atoms with Crippen LogP contribution in [0.4, 0.5) is 38.8 Å². The fourth-order valence-electron chi connectivity index (χ4n) is 7.41. The van der Waals surface area contributed by atoms with E-state index in [1.165, 1.54) is 18.2 Å². The molecule has 1 N–H and O–H groups in total. The Labute approximate surface area is 296 Å². The van der Waals surface area contributed by atoms with Gasteiger partial charge in [0.05, 0.1) is 23.1 Å². The molecule has 0 saturated carbocycles. The zero-order valence-electron chi connectivity index (χ0n) is 29.0. The summed E-state index contributed by atoms with van der Waals surface area (Å²) in [6.07, 6.45) is 5.55. The van der Waals surface area contributed by atoms with Gasteiger partial charge in [-0.05, 0) is 74.9 Å². The number of piperazine rings is 1. The van der Waals surface area contributed by atoms with Gasteiger partial charge in [-0.1, -0.05) is 25.3 Å². The van der Waals surface area contributed by atoms with Gasteiger partial charge in [0.1, 0.15) is 17.2 Å². The Morgan fingerprint density at radius 3 is 2.49 bits per heavy atom. The number of piperidine rings is 1. The summed E-state index contributed by atoms with van der Waals surface area (Å²) in [5, 5.41) is 3.64. The number of aryl methyl sites for hydroxylation is 1. The summed E-state index contributed by atoms with van der Waals surface area (Å²) in [6, 6.07) is 12.2. The van der Waals surface area contributed by atoms with Crippen LogP contribution in [-0.2, 0) is 9.59 Å². The minimum Gasteiger partial charge on any atom is -0.369 e. The van der Waals surface area contributed by atoms with Crippen LogP contribution in [0.2, 0.25) is 0 Å². The molecule has 0 spiro atoms. The first kappa shape index (κ1) is 33.9. The van der Waals surface area contributed by atoms with Crippen LogP contribution >= 0.6 is 0 Å². The molecule has 7 rings (SSSR count). The van der Waals surface area contributed by atoms with E-state index < -0.39 is 5.82 Å². The number of carbonyl (C=O) groups excluding carboxylic acids is 2. The van der Waals surface area contributed by atoms with Gasteiger partial charge in [0, 0.05) is 69.6 Å². The second kappa shape index (κ2) is 14.0. The van der Waals surface area contributed by atoms with Crippen molar-refractivity contribution >= 4 is 57.2 Å². The number of carbonyl (C=O) groups is 2. The number of anilines is 6. The first-order valence-corrected chi connectivity index (χ1v) is 17.3. The molecule has 51 heavy (non-hydrogen) atoms. The maximum atomic E-state index is 15.5. The molecule has 13 heteroatoms. The zero-order valence-corrected chi connectivity index (χ0v) is 29.0. The maximum absolute atomic E-state index is 15.5. The highest BCUT2D eigenvalue weighted by molar-refractivity contribution is 6.05. The number of nitrogens with one attached hydrogen (secondary N) is 1. The number of aromatic nitrogens is 3.